The lowest BCUT2D eigenvalue weighted by atomic mass is 9.91. The number of benzene rings is 2. The zero-order valence-corrected chi connectivity index (χ0v) is 20.9. The van der Waals surface area contributed by atoms with Crippen LogP contribution >= 0.6 is 0 Å². The van der Waals surface area contributed by atoms with Gasteiger partial charge in [-0.1, -0.05) is 36.3 Å². The SMILES string of the molecule is CC#CC(=O)NC1CCC(n2cc(-c3ccc(Oc4ccccc4C)cc3)c3c(N)n[nH]c(=O)c32)CC1. The Kier molecular flexibility index (Phi) is 6.69. The third-order valence-corrected chi connectivity index (χ3v) is 6.93. The van der Waals surface area contributed by atoms with E-state index in [-0.39, 0.29) is 29.4 Å². The molecule has 4 N–H and O–H groups in total. The molecule has 0 atom stereocenters. The summed E-state index contributed by atoms with van der Waals surface area (Å²) in [7, 11) is 0. The Hall–Kier alpha value is -4.51. The van der Waals surface area contributed by atoms with Gasteiger partial charge in [0.2, 0.25) is 0 Å². The summed E-state index contributed by atoms with van der Waals surface area (Å²) in [6.45, 7) is 3.65. The number of carbonyl (C=O) groups excluding carboxylic acids is 1. The molecular formula is C29H29N5O3. The fourth-order valence-corrected chi connectivity index (χ4v) is 5.08. The highest BCUT2D eigenvalue weighted by Crippen LogP contribution is 2.38. The predicted octanol–water partition coefficient (Wildman–Crippen LogP) is 4.70. The third-order valence-electron chi connectivity index (χ3n) is 6.93. The zero-order valence-electron chi connectivity index (χ0n) is 20.9. The lowest BCUT2D eigenvalue weighted by molar-refractivity contribution is -0.116. The van der Waals surface area contributed by atoms with Crippen LogP contribution in [0.25, 0.3) is 22.0 Å². The summed E-state index contributed by atoms with van der Waals surface area (Å²) in [5.41, 5.74) is 9.35. The molecule has 5 rings (SSSR count). The lowest BCUT2D eigenvalue weighted by Crippen LogP contribution is -2.37. The Labute approximate surface area is 214 Å². The summed E-state index contributed by atoms with van der Waals surface area (Å²) < 4.78 is 8.08. The summed E-state index contributed by atoms with van der Waals surface area (Å²) in [4.78, 5) is 24.8. The molecule has 2 heterocycles. The van der Waals surface area contributed by atoms with Gasteiger partial charge in [0.1, 0.15) is 17.0 Å². The molecule has 0 aliphatic heterocycles. The molecule has 0 spiro atoms. The van der Waals surface area contributed by atoms with Gasteiger partial charge in [0.15, 0.2) is 5.82 Å². The van der Waals surface area contributed by atoms with Crippen molar-refractivity contribution in [3.05, 3.63) is 70.6 Å². The van der Waals surface area contributed by atoms with Gasteiger partial charge in [-0.05, 0) is 74.8 Å². The minimum absolute atomic E-state index is 0.0803. The smallest absolute Gasteiger partial charge is 0.296 e. The van der Waals surface area contributed by atoms with Crippen molar-refractivity contribution in [1.82, 2.24) is 20.1 Å². The molecule has 2 aromatic heterocycles. The summed E-state index contributed by atoms with van der Waals surface area (Å²) in [6, 6.07) is 15.8. The van der Waals surface area contributed by atoms with Crippen molar-refractivity contribution in [3.8, 4) is 34.5 Å². The molecular weight excluding hydrogens is 466 g/mol. The van der Waals surface area contributed by atoms with Crippen LogP contribution in [0.5, 0.6) is 11.5 Å². The summed E-state index contributed by atoms with van der Waals surface area (Å²) in [5, 5.41) is 10.2. The Morgan fingerprint density at radius 1 is 1.14 bits per heavy atom. The quantitative estimate of drug-likeness (QED) is 0.347. The first kappa shape index (κ1) is 24.2. The van der Waals surface area contributed by atoms with E-state index in [1.165, 1.54) is 0 Å². The molecule has 4 aromatic rings. The highest BCUT2D eigenvalue weighted by atomic mass is 16.5. The first-order valence-corrected chi connectivity index (χ1v) is 12.4. The van der Waals surface area contributed by atoms with Gasteiger partial charge >= 0.3 is 0 Å². The minimum atomic E-state index is -0.274. The molecule has 0 saturated heterocycles. The maximum atomic E-state index is 12.9. The summed E-state index contributed by atoms with van der Waals surface area (Å²) >= 11 is 0. The number of nitrogens with two attached hydrogens (primary N) is 1. The highest BCUT2D eigenvalue weighted by Gasteiger charge is 2.27. The van der Waals surface area contributed by atoms with Crippen LogP contribution in [0.4, 0.5) is 5.82 Å². The van der Waals surface area contributed by atoms with Crippen molar-refractivity contribution in [2.75, 3.05) is 5.73 Å². The maximum absolute atomic E-state index is 12.9. The maximum Gasteiger partial charge on any atom is 0.296 e. The van der Waals surface area contributed by atoms with E-state index in [4.69, 9.17) is 10.5 Å². The van der Waals surface area contributed by atoms with Crippen molar-refractivity contribution >= 4 is 22.6 Å². The number of ether oxygens (including phenoxy) is 1. The number of rotatable bonds is 5. The zero-order chi connectivity index (χ0) is 25.9. The fraction of sp³-hybridized carbons (Fsp3) is 0.276. The fourth-order valence-electron chi connectivity index (χ4n) is 5.08. The van der Waals surface area contributed by atoms with Crippen molar-refractivity contribution in [2.24, 2.45) is 0 Å². The van der Waals surface area contributed by atoms with Gasteiger partial charge in [0, 0.05) is 23.8 Å². The van der Waals surface area contributed by atoms with Crippen molar-refractivity contribution in [2.45, 2.75) is 51.6 Å². The number of fused-ring (bicyclic) bond motifs is 1. The molecule has 1 amide bonds. The van der Waals surface area contributed by atoms with Crippen LogP contribution in [0.1, 0.15) is 44.2 Å². The Morgan fingerprint density at radius 3 is 2.57 bits per heavy atom. The molecule has 0 unspecified atom stereocenters. The van der Waals surface area contributed by atoms with E-state index in [2.05, 4.69) is 27.4 Å². The van der Waals surface area contributed by atoms with Gasteiger partial charge in [0.25, 0.3) is 11.5 Å². The van der Waals surface area contributed by atoms with Crippen LogP contribution in [0.3, 0.4) is 0 Å². The second-order valence-electron chi connectivity index (χ2n) is 9.36. The van der Waals surface area contributed by atoms with Gasteiger partial charge in [-0.2, -0.15) is 5.10 Å². The normalized spacial score (nSPS) is 17.1. The first-order valence-electron chi connectivity index (χ1n) is 12.4. The number of aryl methyl sites for hydroxylation is 1. The van der Waals surface area contributed by atoms with Crippen molar-refractivity contribution in [1.29, 1.82) is 0 Å². The van der Waals surface area contributed by atoms with E-state index >= 15 is 0 Å². The molecule has 1 aliphatic rings. The number of carbonyl (C=O) groups is 1. The standard InChI is InChI=1S/C29H29N5O3/c1-3-6-25(35)31-20-11-13-21(14-12-20)34-17-23(26-27(34)29(36)33-32-28(26)30)19-9-15-22(16-10-19)37-24-8-5-4-7-18(24)2/h4-5,7-10,15-17,20-21H,11-14H2,1-2H3,(H2,30,32)(H,31,35)(H,33,36). The second kappa shape index (κ2) is 10.2. The molecule has 1 aliphatic carbocycles. The summed E-state index contributed by atoms with van der Waals surface area (Å²) in [6.07, 6.45) is 5.25. The Bertz CT molecular complexity index is 1570. The molecule has 8 heteroatoms. The average Bonchev–Trinajstić information content (AvgIpc) is 3.31. The number of nitrogens with one attached hydrogen (secondary N) is 2. The number of aromatic nitrogens is 3. The van der Waals surface area contributed by atoms with Gasteiger partial charge in [-0.15, -0.1) is 0 Å². The van der Waals surface area contributed by atoms with E-state index in [0.29, 0.717) is 10.9 Å². The lowest BCUT2D eigenvalue weighted by Gasteiger charge is -2.30. The van der Waals surface area contributed by atoms with E-state index in [1.54, 1.807) is 6.92 Å². The predicted molar refractivity (Wildman–Crippen MR) is 144 cm³/mol. The largest absolute Gasteiger partial charge is 0.457 e. The van der Waals surface area contributed by atoms with Gasteiger partial charge in [-0.25, -0.2) is 5.10 Å². The van der Waals surface area contributed by atoms with Crippen LogP contribution < -0.4 is 21.3 Å². The number of para-hydroxylation sites is 1. The minimum Gasteiger partial charge on any atom is -0.457 e. The summed E-state index contributed by atoms with van der Waals surface area (Å²) in [5.74, 6) is 6.73. The molecule has 188 valence electrons. The number of aromatic amines is 1. The van der Waals surface area contributed by atoms with E-state index < -0.39 is 0 Å². The number of nitrogen functional groups attached to an aromatic ring is 1. The number of amides is 1. The van der Waals surface area contributed by atoms with Crippen LogP contribution in [0.15, 0.2) is 59.5 Å². The van der Waals surface area contributed by atoms with Crippen LogP contribution in [0, 0.1) is 18.8 Å². The van der Waals surface area contributed by atoms with Crippen molar-refractivity contribution in [3.63, 3.8) is 0 Å². The van der Waals surface area contributed by atoms with Crippen LogP contribution in [0.2, 0.25) is 0 Å². The van der Waals surface area contributed by atoms with E-state index in [0.717, 1.165) is 53.9 Å². The number of hydrogen-bond donors (Lipinski definition) is 3. The van der Waals surface area contributed by atoms with E-state index in [1.807, 2.05) is 66.2 Å². The molecule has 0 bridgehead atoms. The molecule has 8 nitrogen and oxygen atoms in total. The number of hydrogen-bond acceptors (Lipinski definition) is 5. The van der Waals surface area contributed by atoms with Gasteiger partial charge in [-0.3, -0.25) is 9.59 Å². The third kappa shape index (κ3) is 4.94. The highest BCUT2D eigenvalue weighted by molar-refractivity contribution is 6.02. The average molecular weight is 496 g/mol. The molecule has 0 radical (unpaired) electrons. The van der Waals surface area contributed by atoms with Gasteiger partial charge < -0.3 is 20.4 Å². The number of H-pyrrole nitrogens is 1. The van der Waals surface area contributed by atoms with Gasteiger partial charge in [0.05, 0.1) is 5.39 Å². The van der Waals surface area contributed by atoms with E-state index in [9.17, 15) is 9.59 Å². The first-order chi connectivity index (χ1) is 17.9. The molecule has 1 saturated carbocycles. The Morgan fingerprint density at radius 2 is 1.86 bits per heavy atom. The molecule has 2 aromatic carbocycles. The topological polar surface area (TPSA) is 115 Å². The number of anilines is 1. The van der Waals surface area contributed by atoms with Crippen LogP contribution in [-0.4, -0.2) is 26.7 Å². The van der Waals surface area contributed by atoms with Crippen molar-refractivity contribution < 1.29 is 9.53 Å². The molecule has 1 fully saturated rings. The van der Waals surface area contributed by atoms with Crippen LogP contribution in [-0.2, 0) is 4.79 Å². The number of nitrogens with zero attached hydrogens (tertiary/aromatic N) is 2. The second-order valence-corrected chi connectivity index (χ2v) is 9.36. The molecule has 37 heavy (non-hydrogen) atoms. The Balaban J connectivity index is 1.44. The monoisotopic (exact) mass is 495 g/mol.